The minimum absolute atomic E-state index is 0. The van der Waals surface area contributed by atoms with Gasteiger partial charge in [-0.15, -0.1) is 25.6 Å². The number of alkyl halides is 5. The van der Waals surface area contributed by atoms with Gasteiger partial charge in [0, 0.05) is 11.6 Å². The lowest BCUT2D eigenvalue weighted by atomic mass is 9.99. The average molecular weight is 364 g/mol. The van der Waals surface area contributed by atoms with E-state index in [-0.39, 0.29) is 23.7 Å². The van der Waals surface area contributed by atoms with E-state index in [1.54, 1.807) is 0 Å². The van der Waals surface area contributed by atoms with E-state index >= 15 is 0 Å². The van der Waals surface area contributed by atoms with E-state index < -0.39 is 36.8 Å². The number of methoxy groups -OCH3 is 1. The van der Waals surface area contributed by atoms with Gasteiger partial charge in [0.25, 0.3) is 0 Å². The highest BCUT2D eigenvalue weighted by molar-refractivity contribution is 5.85. The first-order valence-corrected chi connectivity index (χ1v) is 5.87. The van der Waals surface area contributed by atoms with Crippen molar-refractivity contribution >= 4 is 18.5 Å². The van der Waals surface area contributed by atoms with Crippen LogP contribution in [0.25, 0.3) is 0 Å². The van der Waals surface area contributed by atoms with Gasteiger partial charge >= 0.3 is 18.4 Å². The van der Waals surface area contributed by atoms with Crippen molar-refractivity contribution in [2.75, 3.05) is 13.7 Å². The zero-order valence-corrected chi connectivity index (χ0v) is 12.3. The molecule has 0 radical (unpaired) electrons. The Kier molecular flexibility index (Phi) is 5.51. The summed E-state index contributed by atoms with van der Waals surface area (Å²) in [6, 6.07) is 0.830. The lowest BCUT2D eigenvalue weighted by Gasteiger charge is -2.32. The molecule has 5 nitrogen and oxygen atoms in total. The normalized spacial score (nSPS) is 19.9. The van der Waals surface area contributed by atoms with Crippen LogP contribution in [-0.2, 0) is 4.74 Å². The predicted octanol–water partition coefficient (Wildman–Crippen LogP) is 3.43. The zero-order valence-electron chi connectivity index (χ0n) is 11.4. The monoisotopic (exact) mass is 363 g/mol. The summed E-state index contributed by atoms with van der Waals surface area (Å²) >= 11 is 0. The predicted molar refractivity (Wildman–Crippen MR) is 69.1 cm³/mol. The van der Waals surface area contributed by atoms with Gasteiger partial charge in [0.05, 0.1) is 7.11 Å². The Labute approximate surface area is 133 Å². The van der Waals surface area contributed by atoms with E-state index in [0.29, 0.717) is 0 Å². The van der Waals surface area contributed by atoms with E-state index in [1.807, 2.05) is 5.32 Å². The molecular formula is C12H11ClF5NO4. The van der Waals surface area contributed by atoms with Crippen LogP contribution in [0.4, 0.5) is 26.7 Å². The van der Waals surface area contributed by atoms with E-state index in [9.17, 15) is 26.7 Å². The molecule has 11 heteroatoms. The highest BCUT2D eigenvalue weighted by Crippen LogP contribution is 2.40. The molecule has 1 aliphatic rings. The molecule has 0 saturated carbocycles. The molecule has 1 saturated heterocycles. The molecule has 130 valence electrons. The molecule has 0 aliphatic carbocycles. The van der Waals surface area contributed by atoms with E-state index in [2.05, 4.69) is 9.47 Å². The summed E-state index contributed by atoms with van der Waals surface area (Å²) in [4.78, 5) is 11.1. The largest absolute Gasteiger partial charge is 0.573 e. The van der Waals surface area contributed by atoms with Crippen LogP contribution >= 0.6 is 12.4 Å². The number of halogens is 6. The second-order valence-corrected chi connectivity index (χ2v) is 4.37. The molecule has 0 aromatic heterocycles. The molecule has 1 aromatic carbocycles. The SMILES string of the molecule is COc1cc(OC(F)(F)F)ccc1[C@@H]1NC(=O)OCC1(F)F.Cl. The molecule has 2 rings (SSSR count). The van der Waals surface area contributed by atoms with Crippen LogP contribution in [0, 0.1) is 0 Å². The summed E-state index contributed by atoms with van der Waals surface area (Å²) in [5.41, 5.74) is -0.196. The van der Waals surface area contributed by atoms with Gasteiger partial charge in [-0.3, -0.25) is 0 Å². The third-order valence-corrected chi connectivity index (χ3v) is 2.83. The first kappa shape index (κ1) is 19.1. The topological polar surface area (TPSA) is 56.8 Å². The summed E-state index contributed by atoms with van der Waals surface area (Å²) in [6.45, 7) is -1.15. The van der Waals surface area contributed by atoms with Crippen molar-refractivity contribution in [3.05, 3.63) is 23.8 Å². The number of ether oxygens (including phenoxy) is 3. The van der Waals surface area contributed by atoms with Crippen molar-refractivity contribution in [3.63, 3.8) is 0 Å². The Hall–Kier alpha value is -1.97. The Morgan fingerprint density at radius 3 is 2.57 bits per heavy atom. The van der Waals surface area contributed by atoms with Crippen LogP contribution in [0.2, 0.25) is 0 Å². The van der Waals surface area contributed by atoms with E-state index in [0.717, 1.165) is 25.3 Å². The maximum absolute atomic E-state index is 13.8. The molecule has 1 atom stereocenters. The lowest BCUT2D eigenvalue weighted by molar-refractivity contribution is -0.274. The highest BCUT2D eigenvalue weighted by Gasteiger charge is 2.48. The number of carbonyl (C=O) groups is 1. The summed E-state index contributed by atoms with van der Waals surface area (Å²) in [6.07, 6.45) is -5.99. The third kappa shape index (κ3) is 4.50. The minimum Gasteiger partial charge on any atom is -0.496 e. The summed E-state index contributed by atoms with van der Waals surface area (Å²) < 4.78 is 76.8. The van der Waals surface area contributed by atoms with Crippen LogP contribution in [-0.4, -0.2) is 32.1 Å². The molecule has 1 aliphatic heterocycles. The summed E-state index contributed by atoms with van der Waals surface area (Å²) in [5.74, 6) is -4.36. The van der Waals surface area contributed by atoms with Gasteiger partial charge in [-0.25, -0.2) is 13.6 Å². The van der Waals surface area contributed by atoms with Crippen molar-refractivity contribution in [1.29, 1.82) is 0 Å². The number of benzene rings is 1. The quantitative estimate of drug-likeness (QED) is 0.836. The van der Waals surface area contributed by atoms with Crippen molar-refractivity contribution < 1.29 is 41.0 Å². The molecular weight excluding hydrogens is 353 g/mol. The molecule has 1 N–H and O–H groups in total. The van der Waals surface area contributed by atoms with Gasteiger partial charge in [-0.2, -0.15) is 0 Å². The zero-order chi connectivity index (χ0) is 16.5. The van der Waals surface area contributed by atoms with Crippen molar-refractivity contribution in [2.45, 2.75) is 18.3 Å². The number of hydrogen-bond donors (Lipinski definition) is 1. The van der Waals surface area contributed by atoms with Crippen LogP contribution in [0.3, 0.4) is 0 Å². The fourth-order valence-electron chi connectivity index (χ4n) is 1.94. The summed E-state index contributed by atoms with van der Waals surface area (Å²) in [7, 11) is 1.09. The second kappa shape index (κ2) is 6.65. The first-order valence-electron chi connectivity index (χ1n) is 5.87. The number of nitrogens with one attached hydrogen (secondary N) is 1. The number of carbonyl (C=O) groups excluding carboxylic acids is 1. The van der Waals surface area contributed by atoms with Crippen LogP contribution < -0.4 is 14.8 Å². The lowest BCUT2D eigenvalue weighted by Crippen LogP contribution is -2.49. The maximum atomic E-state index is 13.8. The van der Waals surface area contributed by atoms with E-state index in [4.69, 9.17) is 4.74 Å². The molecule has 0 spiro atoms. The average Bonchev–Trinajstić information content (AvgIpc) is 2.40. The van der Waals surface area contributed by atoms with Gasteiger partial charge in [-0.05, 0) is 12.1 Å². The van der Waals surface area contributed by atoms with Gasteiger partial charge < -0.3 is 19.5 Å². The number of amides is 1. The van der Waals surface area contributed by atoms with Gasteiger partial charge in [0.1, 0.15) is 17.5 Å². The number of hydrogen-bond acceptors (Lipinski definition) is 4. The van der Waals surface area contributed by atoms with Crippen molar-refractivity contribution in [3.8, 4) is 11.5 Å². The van der Waals surface area contributed by atoms with Crippen molar-refractivity contribution in [1.82, 2.24) is 5.32 Å². The second-order valence-electron chi connectivity index (χ2n) is 4.37. The fraction of sp³-hybridized carbons (Fsp3) is 0.417. The molecule has 0 unspecified atom stereocenters. The number of cyclic esters (lactones) is 1. The molecule has 23 heavy (non-hydrogen) atoms. The van der Waals surface area contributed by atoms with Crippen LogP contribution in [0.5, 0.6) is 11.5 Å². The van der Waals surface area contributed by atoms with E-state index in [1.165, 1.54) is 0 Å². The maximum Gasteiger partial charge on any atom is 0.573 e. The Bertz CT molecular complexity index is 581. The van der Waals surface area contributed by atoms with Gasteiger partial charge in [0.2, 0.25) is 0 Å². The molecule has 1 amide bonds. The molecule has 0 bridgehead atoms. The first-order chi connectivity index (χ1) is 10.1. The molecule has 1 fully saturated rings. The van der Waals surface area contributed by atoms with Crippen LogP contribution in [0.15, 0.2) is 18.2 Å². The Balaban J connectivity index is 0.00000264. The molecule has 1 heterocycles. The Morgan fingerprint density at radius 1 is 1.35 bits per heavy atom. The smallest absolute Gasteiger partial charge is 0.496 e. The van der Waals surface area contributed by atoms with Crippen LogP contribution in [0.1, 0.15) is 11.6 Å². The number of alkyl carbamates (subject to hydrolysis) is 1. The fourth-order valence-corrected chi connectivity index (χ4v) is 1.94. The van der Waals surface area contributed by atoms with Gasteiger partial charge in [0.15, 0.2) is 6.61 Å². The minimum atomic E-state index is -4.93. The number of rotatable bonds is 3. The molecule has 1 aromatic rings. The van der Waals surface area contributed by atoms with Gasteiger partial charge in [-0.1, -0.05) is 0 Å². The Morgan fingerprint density at radius 2 is 2.00 bits per heavy atom. The van der Waals surface area contributed by atoms with Crippen molar-refractivity contribution in [2.24, 2.45) is 0 Å². The highest BCUT2D eigenvalue weighted by atomic mass is 35.5. The standard InChI is InChI=1S/C12H10F5NO4.ClH/c1-20-8-4-6(22-12(15,16)17)2-3-7(8)9-11(13,14)5-21-10(19)18-9;/h2-4,9H,5H2,1H3,(H,18,19);1H/t9-;/m0./s1. The summed E-state index contributed by atoms with van der Waals surface area (Å²) in [5, 5.41) is 1.91. The third-order valence-electron chi connectivity index (χ3n) is 2.83.